The van der Waals surface area contributed by atoms with Gasteiger partial charge in [0.05, 0.1) is 12.3 Å². The number of carbonyl (C=O) groups is 2. The fourth-order valence-corrected chi connectivity index (χ4v) is 3.00. The van der Waals surface area contributed by atoms with Gasteiger partial charge in [-0.2, -0.15) is 0 Å². The van der Waals surface area contributed by atoms with Crippen molar-refractivity contribution in [3.63, 3.8) is 0 Å². The predicted octanol–water partition coefficient (Wildman–Crippen LogP) is 1.03. The van der Waals surface area contributed by atoms with Gasteiger partial charge in [-0.1, -0.05) is 30.3 Å². The van der Waals surface area contributed by atoms with Gasteiger partial charge in [0.1, 0.15) is 19.0 Å². The quantitative estimate of drug-likeness (QED) is 0.711. The van der Waals surface area contributed by atoms with E-state index in [-0.39, 0.29) is 25.0 Å². The number of hydrogen-bond donors (Lipinski definition) is 1. The molecule has 9 heteroatoms. The molecule has 1 saturated heterocycles. The van der Waals surface area contributed by atoms with Crippen molar-refractivity contribution in [3.05, 3.63) is 66.5 Å². The maximum Gasteiger partial charge on any atom is 0.249 e. The van der Waals surface area contributed by atoms with Crippen molar-refractivity contribution < 1.29 is 14.3 Å². The number of amides is 2. The van der Waals surface area contributed by atoms with Gasteiger partial charge >= 0.3 is 0 Å². The van der Waals surface area contributed by atoms with Crippen molar-refractivity contribution in [2.24, 2.45) is 0 Å². The zero-order valence-electron chi connectivity index (χ0n) is 14.9. The van der Waals surface area contributed by atoms with E-state index in [0.717, 1.165) is 11.3 Å². The first-order chi connectivity index (χ1) is 13.7. The van der Waals surface area contributed by atoms with Crippen molar-refractivity contribution in [3.8, 4) is 5.69 Å². The molecule has 1 aromatic heterocycles. The normalized spacial score (nSPS) is 16.8. The first kappa shape index (κ1) is 17.8. The molecule has 4 rings (SSSR count). The van der Waals surface area contributed by atoms with Crippen LogP contribution in [0.1, 0.15) is 5.56 Å². The van der Waals surface area contributed by atoms with E-state index in [1.807, 2.05) is 30.3 Å². The third-order valence-corrected chi connectivity index (χ3v) is 4.44. The molecule has 28 heavy (non-hydrogen) atoms. The zero-order chi connectivity index (χ0) is 19.3. The summed E-state index contributed by atoms with van der Waals surface area (Å²) in [6.45, 7) is 0.504. The second kappa shape index (κ2) is 7.97. The number of hydrogen-bond acceptors (Lipinski definition) is 6. The van der Waals surface area contributed by atoms with Crippen molar-refractivity contribution in [1.82, 2.24) is 25.1 Å². The second-order valence-corrected chi connectivity index (χ2v) is 6.33. The standard InChI is InChI=1S/C19H18N6O3/c26-18-12-28-11-17(24(18)10-14-4-2-1-3-5-14)19(27)21-15-6-8-16(9-7-15)25-13-20-22-23-25/h1-9,13,17H,10-12H2,(H,21,27)/t17-/m1/s1. The van der Waals surface area contributed by atoms with E-state index in [1.54, 1.807) is 29.2 Å². The summed E-state index contributed by atoms with van der Waals surface area (Å²) in [5.74, 6) is -0.497. The summed E-state index contributed by atoms with van der Waals surface area (Å²) in [5, 5.41) is 13.8. The molecular formula is C19H18N6O3. The highest BCUT2D eigenvalue weighted by Gasteiger charge is 2.34. The maximum atomic E-state index is 12.8. The number of carbonyl (C=O) groups excluding carboxylic acids is 2. The molecular weight excluding hydrogens is 360 g/mol. The summed E-state index contributed by atoms with van der Waals surface area (Å²) in [4.78, 5) is 26.7. The molecule has 1 aliphatic heterocycles. The lowest BCUT2D eigenvalue weighted by molar-refractivity contribution is -0.154. The van der Waals surface area contributed by atoms with Gasteiger partial charge in [-0.15, -0.1) is 5.10 Å². The Labute approximate surface area is 160 Å². The van der Waals surface area contributed by atoms with E-state index < -0.39 is 6.04 Å². The van der Waals surface area contributed by atoms with Crippen LogP contribution in [0.4, 0.5) is 5.69 Å². The molecule has 2 heterocycles. The summed E-state index contributed by atoms with van der Waals surface area (Å²) >= 11 is 0. The van der Waals surface area contributed by atoms with Gasteiger partial charge in [-0.3, -0.25) is 9.59 Å². The fraction of sp³-hybridized carbons (Fsp3) is 0.211. The summed E-state index contributed by atoms with van der Waals surface area (Å²) in [7, 11) is 0. The molecule has 0 radical (unpaired) electrons. The number of tetrazole rings is 1. The van der Waals surface area contributed by atoms with Crippen LogP contribution in [0, 0.1) is 0 Å². The van der Waals surface area contributed by atoms with E-state index in [4.69, 9.17) is 4.74 Å². The molecule has 0 unspecified atom stereocenters. The van der Waals surface area contributed by atoms with Gasteiger partial charge < -0.3 is 15.0 Å². The minimum absolute atomic E-state index is 0.0166. The highest BCUT2D eigenvalue weighted by atomic mass is 16.5. The Bertz CT molecular complexity index is 944. The van der Waals surface area contributed by atoms with Crippen LogP contribution in [-0.4, -0.2) is 56.2 Å². The van der Waals surface area contributed by atoms with Gasteiger partial charge in [-0.05, 0) is 40.3 Å². The Hall–Kier alpha value is -3.59. The van der Waals surface area contributed by atoms with Gasteiger partial charge in [0, 0.05) is 12.2 Å². The van der Waals surface area contributed by atoms with Crippen LogP contribution in [0.2, 0.25) is 0 Å². The van der Waals surface area contributed by atoms with Gasteiger partial charge in [-0.25, -0.2) is 4.68 Å². The summed E-state index contributed by atoms with van der Waals surface area (Å²) < 4.78 is 6.83. The lowest BCUT2D eigenvalue weighted by Gasteiger charge is -2.34. The number of benzene rings is 2. The van der Waals surface area contributed by atoms with E-state index in [1.165, 1.54) is 11.0 Å². The minimum Gasteiger partial charge on any atom is -0.369 e. The van der Waals surface area contributed by atoms with Gasteiger partial charge in [0.25, 0.3) is 0 Å². The summed E-state index contributed by atoms with van der Waals surface area (Å²) in [6.07, 6.45) is 1.49. The van der Waals surface area contributed by atoms with Crippen LogP contribution < -0.4 is 5.32 Å². The van der Waals surface area contributed by atoms with E-state index in [9.17, 15) is 9.59 Å². The van der Waals surface area contributed by atoms with E-state index in [0.29, 0.717) is 12.2 Å². The first-order valence-electron chi connectivity index (χ1n) is 8.76. The Morgan fingerprint density at radius 1 is 1.14 bits per heavy atom. The highest BCUT2D eigenvalue weighted by Crippen LogP contribution is 2.17. The van der Waals surface area contributed by atoms with Crippen molar-refractivity contribution in [1.29, 1.82) is 0 Å². The topological polar surface area (TPSA) is 102 Å². The molecule has 2 aromatic carbocycles. The number of morpholine rings is 1. The molecule has 142 valence electrons. The number of nitrogens with zero attached hydrogens (tertiary/aromatic N) is 5. The molecule has 1 fully saturated rings. The number of rotatable bonds is 5. The molecule has 1 atom stereocenters. The number of anilines is 1. The van der Waals surface area contributed by atoms with E-state index in [2.05, 4.69) is 20.8 Å². The molecule has 3 aromatic rings. The molecule has 1 aliphatic rings. The molecule has 2 amide bonds. The average Bonchev–Trinajstić information content (AvgIpc) is 3.26. The smallest absolute Gasteiger partial charge is 0.249 e. The highest BCUT2D eigenvalue weighted by molar-refractivity contribution is 5.98. The van der Waals surface area contributed by atoms with Crippen LogP contribution in [0.3, 0.4) is 0 Å². The van der Waals surface area contributed by atoms with Crippen LogP contribution in [0.15, 0.2) is 60.9 Å². The SMILES string of the molecule is O=C(Nc1ccc(-n2cnnn2)cc1)[C@H]1COCC(=O)N1Cc1ccccc1. The Morgan fingerprint density at radius 2 is 1.93 bits per heavy atom. The maximum absolute atomic E-state index is 12.8. The second-order valence-electron chi connectivity index (χ2n) is 6.33. The minimum atomic E-state index is -0.694. The Balaban J connectivity index is 1.46. The average molecular weight is 378 g/mol. The Kier molecular flexibility index (Phi) is 5.07. The molecule has 0 bridgehead atoms. The zero-order valence-corrected chi connectivity index (χ0v) is 14.9. The van der Waals surface area contributed by atoms with E-state index >= 15 is 0 Å². The van der Waals surface area contributed by atoms with Gasteiger partial charge in [0.2, 0.25) is 11.8 Å². The monoisotopic (exact) mass is 378 g/mol. The lowest BCUT2D eigenvalue weighted by atomic mass is 10.1. The van der Waals surface area contributed by atoms with Crippen molar-refractivity contribution in [2.45, 2.75) is 12.6 Å². The molecule has 9 nitrogen and oxygen atoms in total. The van der Waals surface area contributed by atoms with Crippen molar-refractivity contribution in [2.75, 3.05) is 18.5 Å². The third kappa shape index (κ3) is 3.89. The number of aromatic nitrogens is 4. The van der Waals surface area contributed by atoms with Crippen LogP contribution in [0.25, 0.3) is 5.69 Å². The molecule has 1 N–H and O–H groups in total. The van der Waals surface area contributed by atoms with Crippen LogP contribution >= 0.6 is 0 Å². The predicted molar refractivity (Wildman–Crippen MR) is 99.4 cm³/mol. The van der Waals surface area contributed by atoms with Crippen LogP contribution in [-0.2, 0) is 20.9 Å². The summed E-state index contributed by atoms with van der Waals surface area (Å²) in [6, 6.07) is 16.0. The number of ether oxygens (including phenoxy) is 1. The largest absolute Gasteiger partial charge is 0.369 e. The third-order valence-electron chi connectivity index (χ3n) is 4.44. The first-order valence-corrected chi connectivity index (χ1v) is 8.76. The summed E-state index contributed by atoms with van der Waals surface area (Å²) in [5.41, 5.74) is 2.34. The van der Waals surface area contributed by atoms with Gasteiger partial charge in [0.15, 0.2) is 0 Å². The van der Waals surface area contributed by atoms with Crippen LogP contribution in [0.5, 0.6) is 0 Å². The molecule has 0 aliphatic carbocycles. The van der Waals surface area contributed by atoms with Crippen molar-refractivity contribution >= 4 is 17.5 Å². The number of nitrogens with one attached hydrogen (secondary N) is 1. The lowest BCUT2D eigenvalue weighted by Crippen LogP contribution is -2.54. The Morgan fingerprint density at radius 3 is 2.64 bits per heavy atom. The fourth-order valence-electron chi connectivity index (χ4n) is 3.00. The molecule has 0 saturated carbocycles. The molecule has 0 spiro atoms.